The van der Waals surface area contributed by atoms with Gasteiger partial charge >= 0.3 is 0 Å². The molecule has 0 unspecified atom stereocenters. The van der Waals surface area contributed by atoms with Crippen molar-refractivity contribution >= 4 is 0 Å². The molecule has 0 bridgehead atoms. The molecule has 1 atom stereocenters. The van der Waals surface area contributed by atoms with Crippen LogP contribution in [-0.2, 0) is 6.42 Å². The van der Waals surface area contributed by atoms with Crippen LogP contribution in [0, 0.1) is 20.8 Å². The van der Waals surface area contributed by atoms with Gasteiger partial charge in [0.05, 0.1) is 6.61 Å². The van der Waals surface area contributed by atoms with E-state index < -0.39 is 6.10 Å². The number of ether oxygens (including phenoxy) is 1. The van der Waals surface area contributed by atoms with Gasteiger partial charge in [0, 0.05) is 22.5 Å². The second-order valence-corrected chi connectivity index (χ2v) is 7.25. The van der Waals surface area contributed by atoms with E-state index in [1.54, 1.807) is 0 Å². The van der Waals surface area contributed by atoms with Gasteiger partial charge in [-0.25, -0.2) is 0 Å². The van der Waals surface area contributed by atoms with Crippen LogP contribution in [0.2, 0.25) is 0 Å². The van der Waals surface area contributed by atoms with Gasteiger partial charge < -0.3 is 19.5 Å². The van der Waals surface area contributed by atoms with E-state index in [0.29, 0.717) is 17.5 Å². The third-order valence-corrected chi connectivity index (χ3v) is 4.53. The Labute approximate surface area is 170 Å². The van der Waals surface area contributed by atoms with E-state index in [9.17, 15) is 5.11 Å². The number of aromatic nitrogens is 3. The number of hydrogen-bond acceptors (Lipinski definition) is 7. The van der Waals surface area contributed by atoms with Crippen molar-refractivity contribution in [3.63, 3.8) is 0 Å². The normalized spacial score (nSPS) is 12.2. The molecule has 2 aromatic heterocycles. The van der Waals surface area contributed by atoms with Gasteiger partial charge in [-0.2, -0.15) is 4.98 Å². The summed E-state index contributed by atoms with van der Waals surface area (Å²) in [5, 5.41) is 22.6. The molecule has 0 radical (unpaired) electrons. The summed E-state index contributed by atoms with van der Waals surface area (Å²) in [7, 11) is 0. The molecule has 0 saturated heterocycles. The molecular formula is C22H27N3O4. The van der Waals surface area contributed by atoms with Crippen LogP contribution in [0.5, 0.6) is 5.75 Å². The molecular weight excluding hydrogens is 370 g/mol. The van der Waals surface area contributed by atoms with Crippen LogP contribution in [-0.4, -0.2) is 44.7 Å². The lowest BCUT2D eigenvalue weighted by Gasteiger charge is -2.15. The zero-order valence-electron chi connectivity index (χ0n) is 17.3. The minimum absolute atomic E-state index is 0.0331. The Morgan fingerprint density at radius 3 is 2.41 bits per heavy atom. The molecule has 7 heteroatoms. The Bertz CT molecular complexity index is 961. The van der Waals surface area contributed by atoms with Gasteiger partial charge in [-0.3, -0.25) is 4.98 Å². The zero-order chi connectivity index (χ0) is 21.0. The second-order valence-electron chi connectivity index (χ2n) is 7.25. The van der Waals surface area contributed by atoms with E-state index in [2.05, 4.69) is 22.0 Å². The molecule has 154 valence electrons. The molecule has 0 saturated carbocycles. The monoisotopic (exact) mass is 397 g/mol. The number of aliphatic hydroxyl groups excluding tert-OH is 2. The van der Waals surface area contributed by atoms with Crippen molar-refractivity contribution in [1.82, 2.24) is 15.1 Å². The van der Waals surface area contributed by atoms with E-state index in [1.807, 2.05) is 45.0 Å². The number of benzene rings is 1. The quantitative estimate of drug-likeness (QED) is 0.600. The largest absolute Gasteiger partial charge is 0.490 e. The number of pyridine rings is 1. The predicted molar refractivity (Wildman–Crippen MR) is 110 cm³/mol. The molecule has 0 fully saturated rings. The first kappa shape index (κ1) is 21.0. The summed E-state index contributed by atoms with van der Waals surface area (Å²) in [5.41, 5.74) is 5.41. The van der Waals surface area contributed by atoms with E-state index in [0.717, 1.165) is 46.5 Å². The summed E-state index contributed by atoms with van der Waals surface area (Å²) in [4.78, 5) is 9.12. The van der Waals surface area contributed by atoms with E-state index in [-0.39, 0.29) is 13.2 Å². The van der Waals surface area contributed by atoms with Crippen molar-refractivity contribution in [2.45, 2.75) is 46.6 Å². The second kappa shape index (κ2) is 9.15. The van der Waals surface area contributed by atoms with Crippen LogP contribution >= 0.6 is 0 Å². The first-order valence-electron chi connectivity index (χ1n) is 9.76. The maximum Gasteiger partial charge on any atom is 0.258 e. The van der Waals surface area contributed by atoms with Crippen LogP contribution in [0.15, 0.2) is 28.8 Å². The minimum Gasteiger partial charge on any atom is -0.490 e. The number of aryl methyl sites for hydroxylation is 4. The number of nitrogens with zero attached hydrogens (tertiary/aromatic N) is 3. The SMILES string of the molecule is CCCc1cc(-c2nc(-c3cc(C)c(OC[C@@H](O)CO)c(C)c3)no2)cc(C)n1. The standard InChI is InChI=1S/C22H27N3O4/c1-5-6-18-10-17(9-15(4)23-18)22-24-21(25-29-22)16-7-13(2)20(14(3)8-16)28-12-19(27)11-26/h7-10,19,26-27H,5-6,11-12H2,1-4H3/t19-/m0/s1. The molecule has 0 aliphatic carbocycles. The zero-order valence-corrected chi connectivity index (χ0v) is 17.3. The van der Waals surface area contributed by atoms with Gasteiger partial charge in [0.2, 0.25) is 5.82 Å². The summed E-state index contributed by atoms with van der Waals surface area (Å²) in [6.45, 7) is 7.61. The number of aliphatic hydroxyl groups is 2. The van der Waals surface area contributed by atoms with Crippen molar-refractivity contribution in [2.24, 2.45) is 0 Å². The van der Waals surface area contributed by atoms with Crippen LogP contribution < -0.4 is 4.74 Å². The van der Waals surface area contributed by atoms with Crippen LogP contribution in [0.3, 0.4) is 0 Å². The van der Waals surface area contributed by atoms with Gasteiger partial charge in [-0.1, -0.05) is 18.5 Å². The third-order valence-electron chi connectivity index (χ3n) is 4.53. The lowest BCUT2D eigenvalue weighted by molar-refractivity contribution is 0.0532. The van der Waals surface area contributed by atoms with Gasteiger partial charge in [-0.15, -0.1) is 0 Å². The molecule has 7 nitrogen and oxygen atoms in total. The fourth-order valence-corrected chi connectivity index (χ4v) is 3.24. The summed E-state index contributed by atoms with van der Waals surface area (Å²) in [6, 6.07) is 7.77. The van der Waals surface area contributed by atoms with E-state index in [4.69, 9.17) is 14.4 Å². The Kier molecular flexibility index (Phi) is 6.61. The first-order valence-corrected chi connectivity index (χ1v) is 9.76. The third kappa shape index (κ3) is 4.99. The summed E-state index contributed by atoms with van der Waals surface area (Å²) >= 11 is 0. The van der Waals surface area contributed by atoms with Gasteiger partial charge in [-0.05, 0) is 62.6 Å². The van der Waals surface area contributed by atoms with Gasteiger partial charge in [0.1, 0.15) is 18.5 Å². The highest BCUT2D eigenvalue weighted by atomic mass is 16.5. The summed E-state index contributed by atoms with van der Waals surface area (Å²) in [6.07, 6.45) is 1.02. The van der Waals surface area contributed by atoms with Gasteiger partial charge in [0.25, 0.3) is 5.89 Å². The molecule has 2 heterocycles. The van der Waals surface area contributed by atoms with E-state index >= 15 is 0 Å². The Hall–Kier alpha value is -2.77. The highest BCUT2D eigenvalue weighted by molar-refractivity contribution is 5.63. The summed E-state index contributed by atoms with van der Waals surface area (Å²) in [5.74, 6) is 1.64. The van der Waals surface area contributed by atoms with Crippen LogP contribution in [0.25, 0.3) is 22.8 Å². The highest BCUT2D eigenvalue weighted by Crippen LogP contribution is 2.30. The molecule has 1 aromatic carbocycles. The lowest BCUT2D eigenvalue weighted by atomic mass is 10.1. The molecule has 29 heavy (non-hydrogen) atoms. The van der Waals surface area contributed by atoms with Crippen molar-refractivity contribution < 1.29 is 19.5 Å². The minimum atomic E-state index is -0.908. The maximum atomic E-state index is 9.51. The van der Waals surface area contributed by atoms with Crippen molar-refractivity contribution in [2.75, 3.05) is 13.2 Å². The lowest BCUT2D eigenvalue weighted by Crippen LogP contribution is -2.21. The molecule has 3 rings (SSSR count). The molecule has 3 aromatic rings. The Morgan fingerprint density at radius 1 is 1.03 bits per heavy atom. The molecule has 0 spiro atoms. The summed E-state index contributed by atoms with van der Waals surface area (Å²) < 4.78 is 11.2. The number of hydrogen-bond donors (Lipinski definition) is 2. The smallest absolute Gasteiger partial charge is 0.258 e. The van der Waals surface area contributed by atoms with Crippen LogP contribution in [0.4, 0.5) is 0 Å². The number of rotatable bonds is 8. The van der Waals surface area contributed by atoms with Crippen molar-refractivity contribution in [3.05, 3.63) is 46.8 Å². The maximum absolute atomic E-state index is 9.51. The average Bonchev–Trinajstić information content (AvgIpc) is 3.17. The molecule has 0 aliphatic heterocycles. The topological polar surface area (TPSA) is 102 Å². The first-order chi connectivity index (χ1) is 13.9. The van der Waals surface area contributed by atoms with Crippen molar-refractivity contribution in [1.29, 1.82) is 0 Å². The fourth-order valence-electron chi connectivity index (χ4n) is 3.24. The highest BCUT2D eigenvalue weighted by Gasteiger charge is 2.15. The Morgan fingerprint density at radius 2 is 1.76 bits per heavy atom. The van der Waals surface area contributed by atoms with Crippen LogP contribution in [0.1, 0.15) is 35.9 Å². The average molecular weight is 397 g/mol. The molecule has 2 N–H and O–H groups in total. The fraction of sp³-hybridized carbons (Fsp3) is 0.409. The van der Waals surface area contributed by atoms with E-state index in [1.165, 1.54) is 0 Å². The molecule has 0 amide bonds. The Balaban J connectivity index is 1.87. The van der Waals surface area contributed by atoms with Gasteiger partial charge in [0.15, 0.2) is 0 Å². The predicted octanol–water partition coefficient (Wildman–Crippen LogP) is 3.41. The molecule has 0 aliphatic rings. The van der Waals surface area contributed by atoms with Crippen molar-refractivity contribution in [3.8, 4) is 28.6 Å².